The number of thiazole rings is 1. The second-order valence-corrected chi connectivity index (χ2v) is 3.39. The van der Waals surface area contributed by atoms with Crippen LogP contribution in [0, 0.1) is 5.82 Å². The minimum atomic E-state index is -0.673. The summed E-state index contributed by atoms with van der Waals surface area (Å²) < 4.78 is 13.4. The van der Waals surface area contributed by atoms with E-state index < -0.39 is 5.82 Å². The quantitative estimate of drug-likeness (QED) is 0.655. The lowest BCUT2D eigenvalue weighted by molar-refractivity contribution is 0.434. The van der Waals surface area contributed by atoms with E-state index >= 15 is 0 Å². The van der Waals surface area contributed by atoms with Crippen LogP contribution >= 0.6 is 11.3 Å². The first kappa shape index (κ1) is 7.30. The van der Waals surface area contributed by atoms with Gasteiger partial charge in [0.1, 0.15) is 0 Å². The Morgan fingerprint density at radius 2 is 2.25 bits per heavy atom. The van der Waals surface area contributed by atoms with Crippen molar-refractivity contribution in [2.75, 3.05) is 5.73 Å². The summed E-state index contributed by atoms with van der Waals surface area (Å²) in [5.74, 6) is -1.04. The molecule has 5 heteroatoms. The molecule has 3 nitrogen and oxygen atoms in total. The predicted octanol–water partition coefficient (Wildman–Crippen LogP) is 1.72. The van der Waals surface area contributed by atoms with Crippen LogP contribution < -0.4 is 5.73 Å². The Morgan fingerprint density at radius 1 is 1.50 bits per heavy atom. The molecule has 2 aromatic rings. The van der Waals surface area contributed by atoms with Gasteiger partial charge in [-0.2, -0.15) is 0 Å². The molecule has 2 rings (SSSR count). The first-order chi connectivity index (χ1) is 5.66. The normalized spacial score (nSPS) is 10.8. The number of nitrogens with two attached hydrogens (primary N) is 1. The summed E-state index contributed by atoms with van der Waals surface area (Å²) in [4.78, 5) is 3.86. The molecular weight excluding hydrogens is 179 g/mol. The Balaban J connectivity index is 2.83. The monoisotopic (exact) mass is 184 g/mol. The molecule has 0 saturated heterocycles. The number of phenols is 1. The lowest BCUT2D eigenvalue weighted by Crippen LogP contribution is -1.80. The SMILES string of the molecule is Nc1nc2cc(F)c(O)cc2s1. The number of anilines is 1. The third-order valence-corrected chi connectivity index (χ3v) is 2.32. The van der Waals surface area contributed by atoms with E-state index in [1.807, 2.05) is 0 Å². The van der Waals surface area contributed by atoms with Gasteiger partial charge in [0.2, 0.25) is 0 Å². The molecule has 1 heterocycles. The maximum atomic E-state index is 12.7. The highest BCUT2D eigenvalue weighted by Gasteiger charge is 2.06. The van der Waals surface area contributed by atoms with E-state index in [2.05, 4.69) is 4.98 Å². The fraction of sp³-hybridized carbons (Fsp3) is 0. The van der Waals surface area contributed by atoms with Crippen LogP contribution in [0.25, 0.3) is 10.2 Å². The van der Waals surface area contributed by atoms with Gasteiger partial charge in [-0.3, -0.25) is 0 Å². The average Bonchev–Trinajstić information content (AvgIpc) is 2.30. The molecule has 1 aromatic carbocycles. The van der Waals surface area contributed by atoms with Crippen molar-refractivity contribution in [1.29, 1.82) is 0 Å². The number of rotatable bonds is 0. The van der Waals surface area contributed by atoms with Crippen LogP contribution in [0.1, 0.15) is 0 Å². The highest BCUT2D eigenvalue weighted by atomic mass is 32.1. The third kappa shape index (κ3) is 0.984. The molecule has 0 atom stereocenters. The molecule has 0 radical (unpaired) electrons. The van der Waals surface area contributed by atoms with Gasteiger partial charge in [-0.15, -0.1) is 0 Å². The Bertz CT molecular complexity index is 401. The lowest BCUT2D eigenvalue weighted by Gasteiger charge is -1.92. The smallest absolute Gasteiger partial charge is 0.181 e. The molecular formula is C7H5FN2OS. The summed E-state index contributed by atoms with van der Waals surface area (Å²) in [5, 5.41) is 9.36. The molecule has 1 aromatic heterocycles. The van der Waals surface area contributed by atoms with Crippen LogP contribution in [-0.2, 0) is 0 Å². The van der Waals surface area contributed by atoms with Crippen LogP contribution in [0.15, 0.2) is 12.1 Å². The first-order valence-corrected chi connectivity index (χ1v) is 4.03. The molecule has 62 valence electrons. The maximum Gasteiger partial charge on any atom is 0.181 e. The van der Waals surface area contributed by atoms with Gasteiger partial charge in [-0.25, -0.2) is 9.37 Å². The molecule has 0 saturated carbocycles. The standard InChI is InChI=1S/C7H5FN2OS/c8-3-1-4-6(2-5(3)11)12-7(9)10-4/h1-2,11H,(H2,9,10). The second kappa shape index (κ2) is 2.31. The van der Waals surface area contributed by atoms with Gasteiger partial charge < -0.3 is 10.8 Å². The molecule has 0 aliphatic rings. The van der Waals surface area contributed by atoms with Crippen molar-refractivity contribution < 1.29 is 9.50 Å². The van der Waals surface area contributed by atoms with E-state index in [-0.39, 0.29) is 5.75 Å². The van der Waals surface area contributed by atoms with Gasteiger partial charge >= 0.3 is 0 Å². The highest BCUT2D eigenvalue weighted by Crippen LogP contribution is 2.28. The first-order valence-electron chi connectivity index (χ1n) is 3.21. The number of hydrogen-bond acceptors (Lipinski definition) is 4. The summed E-state index contributed by atoms with van der Waals surface area (Å²) >= 11 is 1.21. The minimum Gasteiger partial charge on any atom is -0.505 e. The number of benzene rings is 1. The van der Waals surface area contributed by atoms with Crippen molar-refractivity contribution in [3.8, 4) is 5.75 Å². The van der Waals surface area contributed by atoms with E-state index in [0.29, 0.717) is 15.3 Å². The molecule has 0 aliphatic heterocycles. The highest BCUT2D eigenvalue weighted by molar-refractivity contribution is 7.22. The van der Waals surface area contributed by atoms with Gasteiger partial charge in [0.15, 0.2) is 16.7 Å². The van der Waals surface area contributed by atoms with Crippen LogP contribution in [-0.4, -0.2) is 10.1 Å². The summed E-state index contributed by atoms with van der Waals surface area (Å²) in [7, 11) is 0. The van der Waals surface area contributed by atoms with Crippen molar-refractivity contribution in [3.63, 3.8) is 0 Å². The largest absolute Gasteiger partial charge is 0.505 e. The van der Waals surface area contributed by atoms with Crippen LogP contribution in [0.5, 0.6) is 5.75 Å². The van der Waals surface area contributed by atoms with Crippen LogP contribution in [0.3, 0.4) is 0 Å². The fourth-order valence-corrected chi connectivity index (χ4v) is 1.70. The molecule has 0 fully saturated rings. The molecule has 0 spiro atoms. The van der Waals surface area contributed by atoms with Gasteiger partial charge in [0, 0.05) is 12.1 Å². The van der Waals surface area contributed by atoms with Crippen LogP contribution in [0.2, 0.25) is 0 Å². The number of hydrogen-bond donors (Lipinski definition) is 2. The van der Waals surface area contributed by atoms with Crippen LogP contribution in [0.4, 0.5) is 9.52 Å². The summed E-state index contributed by atoms with van der Waals surface area (Å²) in [5.41, 5.74) is 5.87. The molecule has 0 bridgehead atoms. The summed E-state index contributed by atoms with van der Waals surface area (Å²) in [6, 6.07) is 2.48. The van der Waals surface area contributed by atoms with Crippen molar-refractivity contribution in [2.24, 2.45) is 0 Å². The van der Waals surface area contributed by atoms with Gasteiger partial charge in [-0.1, -0.05) is 11.3 Å². The number of fused-ring (bicyclic) bond motifs is 1. The van der Waals surface area contributed by atoms with E-state index in [4.69, 9.17) is 10.8 Å². The van der Waals surface area contributed by atoms with Crippen molar-refractivity contribution in [3.05, 3.63) is 17.9 Å². The van der Waals surface area contributed by atoms with Gasteiger partial charge in [0.25, 0.3) is 0 Å². The maximum absolute atomic E-state index is 12.7. The molecule has 3 N–H and O–H groups in total. The van der Waals surface area contributed by atoms with Crippen molar-refractivity contribution >= 4 is 26.7 Å². The zero-order valence-corrected chi connectivity index (χ0v) is 6.73. The zero-order chi connectivity index (χ0) is 8.72. The number of aromatic hydroxyl groups is 1. The van der Waals surface area contributed by atoms with E-state index in [1.54, 1.807) is 0 Å². The fourth-order valence-electron chi connectivity index (χ4n) is 0.955. The zero-order valence-electron chi connectivity index (χ0n) is 5.91. The van der Waals surface area contributed by atoms with E-state index in [9.17, 15) is 4.39 Å². The summed E-state index contributed by atoms with van der Waals surface area (Å²) in [6.07, 6.45) is 0. The van der Waals surface area contributed by atoms with Crippen molar-refractivity contribution in [2.45, 2.75) is 0 Å². The Labute approximate surface area is 71.3 Å². The number of nitrogens with zero attached hydrogens (tertiary/aromatic N) is 1. The molecule has 0 amide bonds. The Morgan fingerprint density at radius 3 is 3.00 bits per heavy atom. The minimum absolute atomic E-state index is 0.369. The number of nitrogen functional groups attached to an aromatic ring is 1. The summed E-state index contributed by atoms with van der Waals surface area (Å²) in [6.45, 7) is 0. The van der Waals surface area contributed by atoms with E-state index in [1.165, 1.54) is 17.4 Å². The van der Waals surface area contributed by atoms with Gasteiger partial charge in [-0.05, 0) is 0 Å². The number of phenolic OH excluding ortho intramolecular Hbond substituents is 1. The predicted molar refractivity (Wildman–Crippen MR) is 45.7 cm³/mol. The van der Waals surface area contributed by atoms with E-state index in [0.717, 1.165) is 6.07 Å². The second-order valence-electron chi connectivity index (χ2n) is 2.32. The molecule has 0 aliphatic carbocycles. The van der Waals surface area contributed by atoms with Gasteiger partial charge in [0.05, 0.1) is 10.2 Å². The topological polar surface area (TPSA) is 59.1 Å². The van der Waals surface area contributed by atoms with Crippen molar-refractivity contribution in [1.82, 2.24) is 4.98 Å². The third-order valence-electron chi connectivity index (χ3n) is 1.47. The molecule has 0 unspecified atom stereocenters. The lowest BCUT2D eigenvalue weighted by atomic mass is 10.3. The Kier molecular flexibility index (Phi) is 1.41. The number of halogens is 1. The Hall–Kier alpha value is -1.36. The number of aromatic nitrogens is 1. The average molecular weight is 184 g/mol. The molecule has 12 heavy (non-hydrogen) atoms.